The van der Waals surface area contributed by atoms with E-state index in [1.807, 2.05) is 0 Å². The fourth-order valence-electron chi connectivity index (χ4n) is 2.01. The SMILES string of the molecule is NC(=O)c1ncccc1C1O[C@H](CO)[C@@H](O)[C@H]1O. The number of nitrogens with two attached hydrogens (primary N) is 1. The quantitative estimate of drug-likeness (QED) is 0.511. The number of aliphatic hydroxyl groups is 3. The number of aliphatic hydroxyl groups excluding tert-OH is 3. The monoisotopic (exact) mass is 254 g/mol. The molecule has 5 N–H and O–H groups in total. The van der Waals surface area contributed by atoms with Crippen LogP contribution in [0.15, 0.2) is 18.3 Å². The van der Waals surface area contributed by atoms with Crippen LogP contribution in [0.4, 0.5) is 0 Å². The van der Waals surface area contributed by atoms with Gasteiger partial charge in [-0.15, -0.1) is 0 Å². The van der Waals surface area contributed by atoms with Gasteiger partial charge in [0.05, 0.1) is 6.61 Å². The predicted octanol–water partition coefficient (Wildman–Crippen LogP) is -1.67. The molecule has 1 fully saturated rings. The van der Waals surface area contributed by atoms with Crippen molar-refractivity contribution in [2.75, 3.05) is 6.61 Å². The highest BCUT2D eigenvalue weighted by Crippen LogP contribution is 2.34. The summed E-state index contributed by atoms with van der Waals surface area (Å²) in [6, 6.07) is 3.10. The minimum atomic E-state index is -1.25. The van der Waals surface area contributed by atoms with Crippen LogP contribution in [0.1, 0.15) is 22.2 Å². The van der Waals surface area contributed by atoms with Gasteiger partial charge in [-0.05, 0) is 6.07 Å². The Hall–Kier alpha value is -1.54. The zero-order valence-electron chi connectivity index (χ0n) is 9.43. The fraction of sp³-hybridized carbons (Fsp3) is 0.455. The van der Waals surface area contributed by atoms with E-state index < -0.39 is 36.9 Å². The second-order valence-corrected chi connectivity index (χ2v) is 4.06. The lowest BCUT2D eigenvalue weighted by Gasteiger charge is -2.16. The van der Waals surface area contributed by atoms with Crippen LogP contribution in [0.2, 0.25) is 0 Å². The highest BCUT2D eigenvalue weighted by atomic mass is 16.6. The van der Waals surface area contributed by atoms with Gasteiger partial charge in [0.25, 0.3) is 5.91 Å². The van der Waals surface area contributed by atoms with Crippen molar-refractivity contribution >= 4 is 5.91 Å². The van der Waals surface area contributed by atoms with Gasteiger partial charge in [0.2, 0.25) is 0 Å². The molecule has 0 spiro atoms. The highest BCUT2D eigenvalue weighted by Gasteiger charge is 2.44. The van der Waals surface area contributed by atoms with Crippen LogP contribution in [-0.4, -0.2) is 51.1 Å². The van der Waals surface area contributed by atoms with Crippen LogP contribution in [0.25, 0.3) is 0 Å². The average molecular weight is 254 g/mol. The molecule has 98 valence electrons. The number of carbonyl (C=O) groups is 1. The summed E-state index contributed by atoms with van der Waals surface area (Å²) >= 11 is 0. The second-order valence-electron chi connectivity index (χ2n) is 4.06. The summed E-state index contributed by atoms with van der Waals surface area (Å²) in [5, 5.41) is 28.5. The molecule has 1 amide bonds. The normalized spacial score (nSPS) is 31.5. The number of nitrogens with zero attached hydrogens (tertiary/aromatic N) is 1. The number of amides is 1. The standard InChI is InChI=1S/C11H14N2O5/c12-11(17)7-5(2-1-3-13-7)10-9(16)8(15)6(4-14)18-10/h1-3,6,8-10,14-16H,4H2,(H2,12,17)/t6-,8-,9-,10?/m1/s1. The maximum absolute atomic E-state index is 11.2. The van der Waals surface area contributed by atoms with Crippen molar-refractivity contribution in [1.29, 1.82) is 0 Å². The van der Waals surface area contributed by atoms with Gasteiger partial charge >= 0.3 is 0 Å². The van der Waals surface area contributed by atoms with Crippen LogP contribution in [0.3, 0.4) is 0 Å². The molecule has 0 bridgehead atoms. The Morgan fingerprint density at radius 3 is 2.72 bits per heavy atom. The van der Waals surface area contributed by atoms with E-state index in [0.29, 0.717) is 5.56 Å². The molecule has 1 aliphatic heterocycles. The van der Waals surface area contributed by atoms with E-state index in [1.165, 1.54) is 12.3 Å². The van der Waals surface area contributed by atoms with Crippen molar-refractivity contribution < 1.29 is 24.9 Å². The lowest BCUT2D eigenvalue weighted by Crippen LogP contribution is -2.32. The molecule has 1 saturated heterocycles. The third-order valence-electron chi connectivity index (χ3n) is 2.92. The molecule has 1 aromatic rings. The summed E-state index contributed by atoms with van der Waals surface area (Å²) in [5.41, 5.74) is 5.46. The predicted molar refractivity (Wildman–Crippen MR) is 59.5 cm³/mol. The lowest BCUT2D eigenvalue weighted by atomic mass is 10.00. The fourth-order valence-corrected chi connectivity index (χ4v) is 2.01. The van der Waals surface area contributed by atoms with Crippen LogP contribution in [0.5, 0.6) is 0 Å². The van der Waals surface area contributed by atoms with Crippen molar-refractivity contribution in [3.05, 3.63) is 29.6 Å². The Labute approximate surface area is 103 Å². The van der Waals surface area contributed by atoms with Crippen LogP contribution >= 0.6 is 0 Å². The number of rotatable bonds is 3. The molecule has 7 nitrogen and oxygen atoms in total. The molecule has 0 saturated carbocycles. The van der Waals surface area contributed by atoms with E-state index in [-0.39, 0.29) is 5.69 Å². The Bertz CT molecular complexity index is 453. The zero-order valence-corrected chi connectivity index (χ0v) is 9.43. The largest absolute Gasteiger partial charge is 0.394 e. The molecule has 2 rings (SSSR count). The third kappa shape index (κ3) is 2.08. The topological polar surface area (TPSA) is 126 Å². The summed E-state index contributed by atoms with van der Waals surface area (Å²) < 4.78 is 5.31. The third-order valence-corrected chi connectivity index (χ3v) is 2.92. The number of ether oxygens (including phenoxy) is 1. The van der Waals surface area contributed by atoms with Crippen molar-refractivity contribution in [2.24, 2.45) is 5.73 Å². The van der Waals surface area contributed by atoms with E-state index in [0.717, 1.165) is 0 Å². The molecule has 1 unspecified atom stereocenters. The summed E-state index contributed by atoms with van der Waals surface area (Å²) in [7, 11) is 0. The van der Waals surface area contributed by atoms with Gasteiger partial charge < -0.3 is 25.8 Å². The van der Waals surface area contributed by atoms with Gasteiger partial charge in [-0.25, -0.2) is 0 Å². The summed E-state index contributed by atoms with van der Waals surface area (Å²) in [4.78, 5) is 15.1. The molecule has 4 atom stereocenters. The molecule has 7 heteroatoms. The van der Waals surface area contributed by atoms with Gasteiger partial charge in [0.1, 0.15) is 30.1 Å². The number of hydrogen-bond acceptors (Lipinski definition) is 6. The molecule has 0 aliphatic carbocycles. The molecule has 1 aliphatic rings. The van der Waals surface area contributed by atoms with Gasteiger partial charge in [-0.2, -0.15) is 0 Å². The molecule has 18 heavy (non-hydrogen) atoms. The Kier molecular flexibility index (Phi) is 3.58. The van der Waals surface area contributed by atoms with E-state index in [4.69, 9.17) is 15.6 Å². The second kappa shape index (κ2) is 4.99. The smallest absolute Gasteiger partial charge is 0.267 e. The van der Waals surface area contributed by atoms with Gasteiger partial charge in [-0.1, -0.05) is 6.07 Å². The summed E-state index contributed by atoms with van der Waals surface area (Å²) in [5.74, 6) is -0.747. The van der Waals surface area contributed by atoms with Crippen molar-refractivity contribution in [3.63, 3.8) is 0 Å². The first-order valence-electron chi connectivity index (χ1n) is 5.43. The first kappa shape index (κ1) is 12.9. The van der Waals surface area contributed by atoms with Crippen LogP contribution in [-0.2, 0) is 4.74 Å². The minimum Gasteiger partial charge on any atom is -0.394 e. The van der Waals surface area contributed by atoms with Crippen LogP contribution in [0, 0.1) is 0 Å². The summed E-state index contributed by atoms with van der Waals surface area (Å²) in [6.07, 6.45) is -2.91. The van der Waals surface area contributed by atoms with Crippen molar-refractivity contribution in [3.8, 4) is 0 Å². The summed E-state index contributed by atoms with van der Waals surface area (Å²) in [6.45, 7) is -0.430. The minimum absolute atomic E-state index is 0.0210. The maximum Gasteiger partial charge on any atom is 0.267 e. The van der Waals surface area contributed by atoms with E-state index in [9.17, 15) is 15.0 Å². The first-order valence-corrected chi connectivity index (χ1v) is 5.43. The molecule has 1 aromatic heterocycles. The van der Waals surface area contributed by atoms with Gasteiger partial charge in [-0.3, -0.25) is 9.78 Å². The molecule has 0 aromatic carbocycles. The molecule has 2 heterocycles. The van der Waals surface area contributed by atoms with E-state index >= 15 is 0 Å². The average Bonchev–Trinajstić information content (AvgIpc) is 2.66. The first-order chi connectivity index (χ1) is 8.56. The number of carbonyl (C=O) groups excluding carboxylic acids is 1. The number of hydrogen-bond donors (Lipinski definition) is 4. The zero-order chi connectivity index (χ0) is 13.3. The highest BCUT2D eigenvalue weighted by molar-refractivity contribution is 5.92. The molecular formula is C11H14N2O5. The van der Waals surface area contributed by atoms with Gasteiger partial charge in [0.15, 0.2) is 0 Å². The van der Waals surface area contributed by atoms with Gasteiger partial charge in [0, 0.05) is 11.8 Å². The number of aromatic nitrogens is 1. The number of pyridine rings is 1. The Balaban J connectivity index is 2.35. The maximum atomic E-state index is 11.2. The van der Waals surface area contributed by atoms with Crippen LogP contribution < -0.4 is 5.73 Å². The van der Waals surface area contributed by atoms with Crippen molar-refractivity contribution in [1.82, 2.24) is 4.98 Å². The molecular weight excluding hydrogens is 240 g/mol. The van der Waals surface area contributed by atoms with Crippen molar-refractivity contribution in [2.45, 2.75) is 24.4 Å². The van der Waals surface area contributed by atoms with E-state index in [1.54, 1.807) is 6.07 Å². The lowest BCUT2D eigenvalue weighted by molar-refractivity contribution is -0.0230. The Morgan fingerprint density at radius 1 is 1.44 bits per heavy atom. The Morgan fingerprint density at radius 2 is 2.17 bits per heavy atom. The molecule has 0 radical (unpaired) electrons. The number of primary amides is 1. The van der Waals surface area contributed by atoms with E-state index in [2.05, 4.69) is 4.98 Å².